The van der Waals surface area contributed by atoms with Crippen LogP contribution in [0.25, 0.3) is 0 Å². The van der Waals surface area contributed by atoms with Crippen LogP contribution >= 0.6 is 0 Å². The number of rotatable bonds is 6. The predicted octanol–water partition coefficient (Wildman–Crippen LogP) is 2.52. The van der Waals surface area contributed by atoms with Crippen LogP contribution in [-0.2, 0) is 11.2 Å². The topological polar surface area (TPSA) is 59.0 Å². The van der Waals surface area contributed by atoms with Crippen molar-refractivity contribution in [2.24, 2.45) is 5.41 Å². The third-order valence-corrected chi connectivity index (χ3v) is 3.39. The van der Waals surface area contributed by atoms with Gasteiger partial charge in [-0.3, -0.25) is 0 Å². The molecule has 1 aromatic rings. The minimum absolute atomic E-state index is 0.178. The van der Waals surface area contributed by atoms with Crippen LogP contribution in [-0.4, -0.2) is 13.2 Å². The van der Waals surface area contributed by atoms with Gasteiger partial charge in [0, 0.05) is 17.5 Å². The molecule has 0 radical (unpaired) electrons. The zero-order valence-electron chi connectivity index (χ0n) is 9.98. The first kappa shape index (κ1) is 11.9. The molecule has 2 rings (SSSR count). The summed E-state index contributed by atoms with van der Waals surface area (Å²) in [6.07, 6.45) is 3.73. The van der Waals surface area contributed by atoms with E-state index in [1.54, 1.807) is 0 Å². The number of nitrogen functional groups attached to an aromatic ring is 1. The van der Waals surface area contributed by atoms with Gasteiger partial charge in [-0.2, -0.15) is 5.26 Å². The Balaban J connectivity index is 1.71. The van der Waals surface area contributed by atoms with Gasteiger partial charge in [-0.1, -0.05) is 18.2 Å². The number of para-hydroxylation sites is 1. The van der Waals surface area contributed by atoms with Crippen molar-refractivity contribution in [2.75, 3.05) is 18.9 Å². The van der Waals surface area contributed by atoms with Gasteiger partial charge in [-0.15, -0.1) is 0 Å². The van der Waals surface area contributed by atoms with E-state index in [9.17, 15) is 0 Å². The van der Waals surface area contributed by atoms with Gasteiger partial charge in [0.15, 0.2) is 0 Å². The highest BCUT2D eigenvalue weighted by atomic mass is 16.5. The summed E-state index contributed by atoms with van der Waals surface area (Å²) in [5.41, 5.74) is 7.99. The Bertz CT molecular complexity index is 418. The average molecular weight is 230 g/mol. The number of nitriles is 1. The Kier molecular flexibility index (Phi) is 3.65. The van der Waals surface area contributed by atoms with E-state index < -0.39 is 0 Å². The van der Waals surface area contributed by atoms with E-state index in [0.29, 0.717) is 19.6 Å². The molecule has 1 fully saturated rings. The molecule has 2 N–H and O–H groups in total. The van der Waals surface area contributed by atoms with Crippen molar-refractivity contribution in [1.82, 2.24) is 0 Å². The minimum atomic E-state index is 0.178. The van der Waals surface area contributed by atoms with Gasteiger partial charge in [-0.25, -0.2) is 0 Å². The van der Waals surface area contributed by atoms with Crippen molar-refractivity contribution in [3.8, 4) is 6.07 Å². The predicted molar refractivity (Wildman–Crippen MR) is 67.3 cm³/mol. The molecule has 1 aromatic carbocycles. The van der Waals surface area contributed by atoms with E-state index in [1.165, 1.54) is 0 Å². The number of benzene rings is 1. The Morgan fingerprint density at radius 1 is 1.35 bits per heavy atom. The molecule has 1 aliphatic carbocycles. The molecule has 1 saturated carbocycles. The van der Waals surface area contributed by atoms with Crippen LogP contribution in [0, 0.1) is 16.7 Å². The Hall–Kier alpha value is -1.53. The molecule has 0 heterocycles. The lowest BCUT2D eigenvalue weighted by atomic mass is 10.1. The smallest absolute Gasteiger partial charge is 0.0628 e. The van der Waals surface area contributed by atoms with Gasteiger partial charge in [0.05, 0.1) is 19.3 Å². The fourth-order valence-corrected chi connectivity index (χ4v) is 1.95. The van der Waals surface area contributed by atoms with Crippen LogP contribution in [0.3, 0.4) is 0 Å². The van der Waals surface area contributed by atoms with Crippen LogP contribution in [0.2, 0.25) is 0 Å². The number of hydrogen-bond acceptors (Lipinski definition) is 3. The van der Waals surface area contributed by atoms with E-state index in [-0.39, 0.29) is 5.41 Å². The first-order chi connectivity index (χ1) is 8.26. The van der Waals surface area contributed by atoms with Crippen molar-refractivity contribution < 1.29 is 4.74 Å². The molecule has 0 unspecified atom stereocenters. The monoisotopic (exact) mass is 230 g/mol. The van der Waals surface area contributed by atoms with Gasteiger partial charge in [-0.05, 0) is 30.9 Å². The lowest BCUT2D eigenvalue weighted by Gasteiger charge is -2.12. The number of ether oxygens (including phenoxy) is 1. The van der Waals surface area contributed by atoms with Gasteiger partial charge in [0.1, 0.15) is 0 Å². The van der Waals surface area contributed by atoms with Crippen molar-refractivity contribution in [1.29, 1.82) is 5.26 Å². The maximum Gasteiger partial charge on any atom is 0.0628 e. The zero-order valence-corrected chi connectivity index (χ0v) is 9.98. The van der Waals surface area contributed by atoms with Crippen molar-refractivity contribution in [3.63, 3.8) is 0 Å². The fraction of sp³-hybridized carbons (Fsp3) is 0.500. The second-order valence-electron chi connectivity index (χ2n) is 4.84. The summed E-state index contributed by atoms with van der Waals surface area (Å²) in [5, 5.41) is 8.69. The van der Waals surface area contributed by atoms with E-state index in [4.69, 9.17) is 15.7 Å². The largest absolute Gasteiger partial charge is 0.399 e. The summed E-state index contributed by atoms with van der Waals surface area (Å²) in [6.45, 7) is 1.40. The van der Waals surface area contributed by atoms with Crippen molar-refractivity contribution >= 4 is 5.69 Å². The molecular formula is C14H18N2O. The lowest BCUT2D eigenvalue weighted by Crippen LogP contribution is -2.12. The van der Waals surface area contributed by atoms with Crippen LogP contribution in [0.1, 0.15) is 24.8 Å². The quantitative estimate of drug-likeness (QED) is 0.603. The maximum absolute atomic E-state index is 8.69. The van der Waals surface area contributed by atoms with Gasteiger partial charge >= 0.3 is 0 Å². The molecule has 0 aliphatic heterocycles. The SMILES string of the molecule is N#CCC1(COCCc2ccccc2N)CC1. The van der Waals surface area contributed by atoms with Gasteiger partial charge in [0.25, 0.3) is 0 Å². The second kappa shape index (κ2) is 5.20. The molecule has 0 aromatic heterocycles. The third-order valence-electron chi connectivity index (χ3n) is 3.39. The van der Waals surface area contributed by atoms with Crippen molar-refractivity contribution in [3.05, 3.63) is 29.8 Å². The molecule has 0 atom stereocenters. The van der Waals surface area contributed by atoms with E-state index in [1.807, 2.05) is 24.3 Å². The molecule has 0 amide bonds. The summed E-state index contributed by atoms with van der Waals surface area (Å²) in [5.74, 6) is 0. The highest BCUT2D eigenvalue weighted by Crippen LogP contribution is 2.48. The standard InChI is InChI=1S/C14H18N2O/c15-9-8-14(6-7-14)11-17-10-5-12-3-1-2-4-13(12)16/h1-4H,5-8,10-11,16H2. The Labute approximate surface area is 102 Å². The Morgan fingerprint density at radius 2 is 2.12 bits per heavy atom. The van der Waals surface area contributed by atoms with Crippen LogP contribution in [0.4, 0.5) is 5.69 Å². The first-order valence-corrected chi connectivity index (χ1v) is 6.04. The first-order valence-electron chi connectivity index (χ1n) is 6.04. The summed E-state index contributed by atoms with van der Waals surface area (Å²) < 4.78 is 5.67. The summed E-state index contributed by atoms with van der Waals surface area (Å²) in [4.78, 5) is 0. The minimum Gasteiger partial charge on any atom is -0.399 e. The second-order valence-corrected chi connectivity index (χ2v) is 4.84. The van der Waals surface area contributed by atoms with E-state index >= 15 is 0 Å². The summed E-state index contributed by atoms with van der Waals surface area (Å²) >= 11 is 0. The Morgan fingerprint density at radius 3 is 2.76 bits per heavy atom. The molecule has 17 heavy (non-hydrogen) atoms. The van der Waals surface area contributed by atoms with Crippen LogP contribution in [0.5, 0.6) is 0 Å². The summed E-state index contributed by atoms with van der Waals surface area (Å²) in [7, 11) is 0. The summed E-state index contributed by atoms with van der Waals surface area (Å²) in [6, 6.07) is 10.1. The highest BCUT2D eigenvalue weighted by molar-refractivity contribution is 5.46. The maximum atomic E-state index is 8.69. The van der Waals surface area contributed by atoms with Crippen LogP contribution in [0.15, 0.2) is 24.3 Å². The molecule has 90 valence electrons. The average Bonchev–Trinajstić information content (AvgIpc) is 3.08. The van der Waals surface area contributed by atoms with Crippen molar-refractivity contribution in [2.45, 2.75) is 25.7 Å². The van der Waals surface area contributed by atoms with E-state index in [2.05, 4.69) is 6.07 Å². The molecule has 0 spiro atoms. The highest BCUT2D eigenvalue weighted by Gasteiger charge is 2.42. The molecule has 3 heteroatoms. The number of nitrogens with zero attached hydrogens (tertiary/aromatic N) is 1. The van der Waals surface area contributed by atoms with Gasteiger partial charge in [0.2, 0.25) is 0 Å². The lowest BCUT2D eigenvalue weighted by molar-refractivity contribution is 0.0941. The molecule has 0 bridgehead atoms. The normalized spacial score (nSPS) is 16.4. The third kappa shape index (κ3) is 3.21. The zero-order chi connectivity index (χ0) is 12.1. The molecular weight excluding hydrogens is 212 g/mol. The fourth-order valence-electron chi connectivity index (χ4n) is 1.95. The van der Waals surface area contributed by atoms with E-state index in [0.717, 1.165) is 30.5 Å². The number of nitrogens with two attached hydrogens (primary N) is 1. The van der Waals surface area contributed by atoms with Gasteiger partial charge < -0.3 is 10.5 Å². The molecule has 1 aliphatic rings. The number of anilines is 1. The molecule has 3 nitrogen and oxygen atoms in total. The number of hydrogen-bond donors (Lipinski definition) is 1. The van der Waals surface area contributed by atoms with Crippen LogP contribution < -0.4 is 5.73 Å². The molecule has 0 saturated heterocycles.